The Morgan fingerprint density at radius 3 is 2.69 bits per heavy atom. The van der Waals surface area contributed by atoms with Gasteiger partial charge in [0.05, 0.1) is 6.54 Å². The maximum atomic E-state index is 8.83. The fourth-order valence-corrected chi connectivity index (χ4v) is 1.47. The lowest BCUT2D eigenvalue weighted by Crippen LogP contribution is -2.29. The highest BCUT2D eigenvalue weighted by atomic mass is 16.3. The topological polar surface area (TPSA) is 32.3 Å². The van der Waals surface area contributed by atoms with Gasteiger partial charge in [0.2, 0.25) is 0 Å². The first kappa shape index (κ1) is 12.8. The number of rotatable bonds is 5. The number of hydrogen-bond acceptors (Lipinski definition) is 2. The Bertz CT molecular complexity index is 337. The molecule has 0 amide bonds. The van der Waals surface area contributed by atoms with Gasteiger partial charge >= 0.3 is 0 Å². The van der Waals surface area contributed by atoms with Crippen LogP contribution in [-0.4, -0.2) is 24.3 Å². The molecule has 0 saturated heterocycles. The molecule has 1 rings (SSSR count). The summed E-state index contributed by atoms with van der Waals surface area (Å²) in [6.07, 6.45) is 1.82. The second kappa shape index (κ2) is 7.92. The SMILES string of the molecule is CCC(CCO)NCC#Cc1ccccc1. The Labute approximate surface area is 97.7 Å². The highest BCUT2D eigenvalue weighted by Crippen LogP contribution is 1.96. The van der Waals surface area contributed by atoms with Gasteiger partial charge in [-0.3, -0.25) is 0 Å². The Kier molecular flexibility index (Phi) is 6.32. The second-order valence-corrected chi connectivity index (χ2v) is 3.67. The van der Waals surface area contributed by atoms with E-state index in [-0.39, 0.29) is 6.61 Å². The van der Waals surface area contributed by atoms with E-state index in [9.17, 15) is 0 Å². The zero-order chi connectivity index (χ0) is 11.6. The summed E-state index contributed by atoms with van der Waals surface area (Å²) < 4.78 is 0. The molecule has 16 heavy (non-hydrogen) atoms. The predicted molar refractivity (Wildman–Crippen MR) is 67.1 cm³/mol. The van der Waals surface area contributed by atoms with Crippen molar-refractivity contribution in [2.24, 2.45) is 0 Å². The third-order valence-corrected chi connectivity index (χ3v) is 2.46. The van der Waals surface area contributed by atoms with Crippen LogP contribution in [0.4, 0.5) is 0 Å². The van der Waals surface area contributed by atoms with E-state index in [0.717, 1.165) is 18.4 Å². The van der Waals surface area contributed by atoms with Gasteiger partial charge in [0.25, 0.3) is 0 Å². The summed E-state index contributed by atoms with van der Waals surface area (Å²) in [5.41, 5.74) is 1.04. The van der Waals surface area contributed by atoms with Crippen LogP contribution in [0, 0.1) is 11.8 Å². The molecule has 0 aliphatic carbocycles. The van der Waals surface area contributed by atoms with E-state index in [1.165, 1.54) is 0 Å². The normalized spacial score (nSPS) is 11.6. The van der Waals surface area contributed by atoms with Gasteiger partial charge in [-0.25, -0.2) is 0 Å². The quantitative estimate of drug-likeness (QED) is 0.737. The Hall–Kier alpha value is -1.30. The number of benzene rings is 1. The summed E-state index contributed by atoms with van der Waals surface area (Å²) in [5, 5.41) is 12.1. The number of nitrogens with one attached hydrogen (secondary N) is 1. The zero-order valence-corrected chi connectivity index (χ0v) is 9.74. The number of hydrogen-bond donors (Lipinski definition) is 2. The first-order valence-corrected chi connectivity index (χ1v) is 5.75. The van der Waals surface area contributed by atoms with Crippen molar-refractivity contribution in [2.75, 3.05) is 13.2 Å². The minimum Gasteiger partial charge on any atom is -0.396 e. The molecule has 1 aromatic carbocycles. The van der Waals surface area contributed by atoms with E-state index in [2.05, 4.69) is 24.1 Å². The summed E-state index contributed by atoms with van der Waals surface area (Å²) in [4.78, 5) is 0. The molecular weight excluding hydrogens is 198 g/mol. The third-order valence-electron chi connectivity index (χ3n) is 2.46. The largest absolute Gasteiger partial charge is 0.396 e. The molecule has 1 unspecified atom stereocenters. The van der Waals surface area contributed by atoms with Crippen LogP contribution in [0.2, 0.25) is 0 Å². The Morgan fingerprint density at radius 2 is 2.06 bits per heavy atom. The summed E-state index contributed by atoms with van der Waals surface area (Å²) in [7, 11) is 0. The zero-order valence-electron chi connectivity index (χ0n) is 9.74. The van der Waals surface area contributed by atoms with Crippen molar-refractivity contribution in [3.63, 3.8) is 0 Å². The molecule has 0 radical (unpaired) electrons. The molecule has 0 bridgehead atoms. The molecule has 0 saturated carbocycles. The van der Waals surface area contributed by atoms with E-state index in [1.54, 1.807) is 0 Å². The van der Waals surface area contributed by atoms with Crippen molar-refractivity contribution < 1.29 is 5.11 Å². The van der Waals surface area contributed by atoms with Crippen LogP contribution in [0.25, 0.3) is 0 Å². The van der Waals surface area contributed by atoms with Gasteiger partial charge < -0.3 is 10.4 Å². The molecule has 2 heteroatoms. The van der Waals surface area contributed by atoms with Crippen molar-refractivity contribution in [1.82, 2.24) is 5.32 Å². The first-order chi connectivity index (χ1) is 7.86. The van der Waals surface area contributed by atoms with Gasteiger partial charge in [-0.2, -0.15) is 0 Å². The van der Waals surface area contributed by atoms with Gasteiger partial charge in [-0.05, 0) is 25.0 Å². The fraction of sp³-hybridized carbons (Fsp3) is 0.429. The molecule has 1 aromatic rings. The molecule has 0 spiro atoms. The van der Waals surface area contributed by atoms with Crippen LogP contribution in [0.3, 0.4) is 0 Å². The van der Waals surface area contributed by atoms with E-state index in [4.69, 9.17) is 5.11 Å². The molecule has 86 valence electrons. The first-order valence-electron chi connectivity index (χ1n) is 5.75. The highest BCUT2D eigenvalue weighted by Gasteiger charge is 2.01. The minimum absolute atomic E-state index is 0.234. The van der Waals surface area contributed by atoms with Crippen LogP contribution in [-0.2, 0) is 0 Å². The van der Waals surface area contributed by atoms with Crippen LogP contribution >= 0.6 is 0 Å². The highest BCUT2D eigenvalue weighted by molar-refractivity contribution is 5.33. The Morgan fingerprint density at radius 1 is 1.31 bits per heavy atom. The van der Waals surface area contributed by atoms with Crippen LogP contribution in [0.1, 0.15) is 25.3 Å². The smallest absolute Gasteiger partial charge is 0.0582 e. The molecule has 0 aromatic heterocycles. The van der Waals surface area contributed by atoms with Crippen molar-refractivity contribution in [2.45, 2.75) is 25.8 Å². The van der Waals surface area contributed by atoms with Gasteiger partial charge in [0.15, 0.2) is 0 Å². The van der Waals surface area contributed by atoms with Gasteiger partial charge in [0, 0.05) is 18.2 Å². The minimum atomic E-state index is 0.234. The maximum absolute atomic E-state index is 8.83. The summed E-state index contributed by atoms with van der Waals surface area (Å²) in [6.45, 7) is 3.02. The van der Waals surface area contributed by atoms with Crippen molar-refractivity contribution in [3.8, 4) is 11.8 Å². The van der Waals surface area contributed by atoms with Crippen LogP contribution in [0.15, 0.2) is 30.3 Å². The van der Waals surface area contributed by atoms with Crippen molar-refractivity contribution >= 4 is 0 Å². The van der Waals surface area contributed by atoms with E-state index < -0.39 is 0 Å². The molecule has 0 fully saturated rings. The van der Waals surface area contributed by atoms with E-state index in [1.807, 2.05) is 30.3 Å². The lowest BCUT2D eigenvalue weighted by atomic mass is 10.1. The number of aliphatic hydroxyl groups excluding tert-OH is 1. The molecular formula is C14H19NO. The molecule has 2 N–H and O–H groups in total. The average Bonchev–Trinajstić information content (AvgIpc) is 2.34. The molecule has 0 heterocycles. The summed E-state index contributed by atoms with van der Waals surface area (Å²) in [5.74, 6) is 6.17. The summed E-state index contributed by atoms with van der Waals surface area (Å²) in [6, 6.07) is 10.3. The van der Waals surface area contributed by atoms with Gasteiger partial charge in [0.1, 0.15) is 0 Å². The van der Waals surface area contributed by atoms with Gasteiger partial charge in [-0.1, -0.05) is 37.0 Å². The number of aliphatic hydroxyl groups is 1. The van der Waals surface area contributed by atoms with Gasteiger partial charge in [-0.15, -0.1) is 0 Å². The standard InChI is InChI=1S/C14H19NO/c1-2-14(10-12-16)15-11-6-9-13-7-4-3-5-8-13/h3-5,7-8,14-16H,2,10-12H2,1H3. The summed E-state index contributed by atoms with van der Waals surface area (Å²) >= 11 is 0. The monoisotopic (exact) mass is 217 g/mol. The van der Waals surface area contributed by atoms with Crippen LogP contribution < -0.4 is 5.32 Å². The predicted octanol–water partition coefficient (Wildman–Crippen LogP) is 1.79. The van der Waals surface area contributed by atoms with E-state index >= 15 is 0 Å². The molecule has 0 aliphatic rings. The fourth-order valence-electron chi connectivity index (χ4n) is 1.47. The molecule has 2 nitrogen and oxygen atoms in total. The second-order valence-electron chi connectivity index (χ2n) is 3.67. The lowest BCUT2D eigenvalue weighted by Gasteiger charge is -2.12. The maximum Gasteiger partial charge on any atom is 0.0582 e. The van der Waals surface area contributed by atoms with E-state index in [0.29, 0.717) is 12.6 Å². The Balaban J connectivity index is 2.32. The molecule has 0 aliphatic heterocycles. The average molecular weight is 217 g/mol. The third kappa shape index (κ3) is 4.97. The van der Waals surface area contributed by atoms with Crippen molar-refractivity contribution in [3.05, 3.63) is 35.9 Å². The lowest BCUT2D eigenvalue weighted by molar-refractivity contribution is 0.264. The molecule has 1 atom stereocenters. The van der Waals surface area contributed by atoms with Crippen LogP contribution in [0.5, 0.6) is 0 Å². The van der Waals surface area contributed by atoms with Crippen molar-refractivity contribution in [1.29, 1.82) is 0 Å².